The van der Waals surface area contributed by atoms with Crippen LogP contribution in [-0.2, 0) is 28.0 Å². The summed E-state index contributed by atoms with van der Waals surface area (Å²) < 4.78 is 32.8. The summed E-state index contributed by atoms with van der Waals surface area (Å²) in [4.78, 5) is 11.7. The number of benzene rings is 3. The largest absolute Gasteiger partial charge is 0.494 e. The van der Waals surface area contributed by atoms with Crippen LogP contribution in [0.15, 0.2) is 54.6 Å². The van der Waals surface area contributed by atoms with Crippen LogP contribution in [0, 0.1) is 17.2 Å². The van der Waals surface area contributed by atoms with E-state index in [1.165, 1.54) is 12.7 Å². The Hall–Kier alpha value is -3.38. The number of carboxylic acid groups (broad SMARTS) is 1. The Morgan fingerprint density at radius 1 is 1.10 bits per heavy atom. The van der Waals surface area contributed by atoms with Crippen molar-refractivity contribution in [3.05, 3.63) is 82.7 Å². The summed E-state index contributed by atoms with van der Waals surface area (Å²) in [5.41, 5.74) is 4.91. The quantitative estimate of drug-likeness (QED) is 0.326. The van der Waals surface area contributed by atoms with Crippen molar-refractivity contribution >= 4 is 5.97 Å². The molecule has 3 aromatic carbocycles. The number of hydrogen-bond donors (Lipinski definition) is 1. The Kier molecular flexibility index (Phi) is 7.19. The van der Waals surface area contributed by atoms with Gasteiger partial charge >= 0.3 is 5.97 Å². The molecule has 3 atom stereocenters. The van der Waals surface area contributed by atoms with Crippen LogP contribution in [0.5, 0.6) is 11.5 Å². The molecule has 2 aliphatic rings. The fourth-order valence-electron chi connectivity index (χ4n) is 6.41. The molecule has 6 heteroatoms. The van der Waals surface area contributed by atoms with E-state index in [1.807, 2.05) is 30.3 Å². The highest BCUT2D eigenvalue weighted by Crippen LogP contribution is 2.60. The van der Waals surface area contributed by atoms with E-state index < -0.39 is 11.8 Å². The topological polar surface area (TPSA) is 65.0 Å². The fourth-order valence-corrected chi connectivity index (χ4v) is 6.41. The van der Waals surface area contributed by atoms with Crippen LogP contribution in [-0.4, -0.2) is 25.3 Å². The lowest BCUT2D eigenvalue weighted by molar-refractivity contribution is -0.139. The second kappa shape index (κ2) is 10.3. The SMILES string of the molecule is COc1cccc(-c2ccc(COc3ccc4c(c3)C3(CCC4)C[C@@H]3C(=O)O)cc2[C@@H](OC)C(C)(C)C)c1F. The normalized spacial score (nSPS) is 20.8. The summed E-state index contributed by atoms with van der Waals surface area (Å²) >= 11 is 0. The van der Waals surface area contributed by atoms with Gasteiger partial charge in [-0.15, -0.1) is 0 Å². The maximum absolute atomic E-state index is 15.3. The first-order valence-electron chi connectivity index (χ1n) is 13.6. The zero-order valence-electron chi connectivity index (χ0n) is 23.3. The lowest BCUT2D eigenvalue weighted by Crippen LogP contribution is -2.21. The summed E-state index contributed by atoms with van der Waals surface area (Å²) in [5, 5.41) is 9.65. The molecule has 1 N–H and O–H groups in total. The number of ether oxygens (including phenoxy) is 3. The van der Waals surface area contributed by atoms with Crippen molar-refractivity contribution < 1.29 is 28.5 Å². The molecule has 1 unspecified atom stereocenters. The standard InChI is InChI=1S/C33H37FO5/c1-32(2,3)30(38-5)25-16-20(11-14-23(25)24-9-6-10-28(37-4)29(24)34)19-39-22-13-12-21-8-7-15-33(26(21)17-22)18-27(33)31(35)36/h6,9-14,16-17,27,30H,7-8,15,18-19H2,1-5H3,(H,35,36)/t27-,30-,33?/m1/s1. The Morgan fingerprint density at radius 2 is 1.90 bits per heavy atom. The van der Waals surface area contributed by atoms with Gasteiger partial charge in [-0.3, -0.25) is 4.79 Å². The van der Waals surface area contributed by atoms with E-state index in [2.05, 4.69) is 26.8 Å². The Bertz CT molecular complexity index is 1390. The van der Waals surface area contributed by atoms with Crippen molar-refractivity contribution in [2.45, 2.75) is 64.6 Å². The molecule has 0 aliphatic heterocycles. The summed E-state index contributed by atoms with van der Waals surface area (Å²) in [6, 6.07) is 17.2. The third-order valence-corrected chi connectivity index (χ3v) is 8.36. The minimum Gasteiger partial charge on any atom is -0.494 e. The van der Waals surface area contributed by atoms with Crippen molar-refractivity contribution in [2.24, 2.45) is 11.3 Å². The molecule has 0 aromatic heterocycles. The number of hydrogen-bond acceptors (Lipinski definition) is 4. The highest BCUT2D eigenvalue weighted by atomic mass is 19.1. The number of fused-ring (bicyclic) bond motifs is 2. The van der Waals surface area contributed by atoms with Gasteiger partial charge in [-0.25, -0.2) is 4.39 Å². The lowest BCUT2D eigenvalue weighted by Gasteiger charge is -2.32. The van der Waals surface area contributed by atoms with E-state index in [-0.39, 0.29) is 28.6 Å². The zero-order chi connectivity index (χ0) is 27.9. The molecule has 5 rings (SSSR count). The van der Waals surface area contributed by atoms with Crippen LogP contribution >= 0.6 is 0 Å². The van der Waals surface area contributed by atoms with Gasteiger partial charge in [0.2, 0.25) is 0 Å². The van der Waals surface area contributed by atoms with Crippen molar-refractivity contribution in [3.8, 4) is 22.6 Å². The summed E-state index contributed by atoms with van der Waals surface area (Å²) in [5.74, 6) is -0.490. The van der Waals surface area contributed by atoms with E-state index in [0.29, 0.717) is 18.6 Å². The van der Waals surface area contributed by atoms with Crippen LogP contribution in [0.1, 0.15) is 68.4 Å². The second-order valence-electron chi connectivity index (χ2n) is 11.9. The summed E-state index contributed by atoms with van der Waals surface area (Å²) in [6.07, 6.45) is 3.33. The Labute approximate surface area is 229 Å². The first-order valence-corrected chi connectivity index (χ1v) is 13.6. The average Bonchev–Trinajstić information content (AvgIpc) is 3.63. The van der Waals surface area contributed by atoms with Crippen LogP contribution < -0.4 is 9.47 Å². The summed E-state index contributed by atoms with van der Waals surface area (Å²) in [6.45, 7) is 6.62. The van der Waals surface area contributed by atoms with Gasteiger partial charge in [0.05, 0.1) is 19.1 Å². The fraction of sp³-hybridized carbons (Fsp3) is 0.424. The van der Waals surface area contributed by atoms with Gasteiger partial charge in [-0.05, 0) is 83.2 Å². The van der Waals surface area contributed by atoms with E-state index in [4.69, 9.17) is 14.2 Å². The van der Waals surface area contributed by atoms with Crippen LogP contribution in [0.25, 0.3) is 11.1 Å². The predicted molar refractivity (Wildman–Crippen MR) is 149 cm³/mol. The van der Waals surface area contributed by atoms with Gasteiger partial charge < -0.3 is 19.3 Å². The maximum atomic E-state index is 15.3. The number of rotatable bonds is 8. The molecule has 1 saturated carbocycles. The third-order valence-electron chi connectivity index (χ3n) is 8.36. The van der Waals surface area contributed by atoms with Gasteiger partial charge in [-0.2, -0.15) is 0 Å². The van der Waals surface area contributed by atoms with Gasteiger partial charge in [0.15, 0.2) is 11.6 Å². The first kappa shape index (κ1) is 27.2. The molecule has 2 aliphatic carbocycles. The van der Waals surface area contributed by atoms with Crippen LogP contribution in [0.3, 0.4) is 0 Å². The molecule has 5 nitrogen and oxygen atoms in total. The number of aliphatic carboxylic acids is 1. The zero-order valence-corrected chi connectivity index (χ0v) is 23.3. The van der Waals surface area contributed by atoms with E-state index >= 15 is 4.39 Å². The monoisotopic (exact) mass is 532 g/mol. The summed E-state index contributed by atoms with van der Waals surface area (Å²) in [7, 11) is 3.14. The molecule has 0 amide bonds. The molecule has 1 fully saturated rings. The number of carboxylic acids is 1. The first-order chi connectivity index (χ1) is 18.6. The third kappa shape index (κ3) is 5.03. The van der Waals surface area contributed by atoms with Gasteiger partial charge in [0, 0.05) is 18.1 Å². The van der Waals surface area contributed by atoms with Crippen molar-refractivity contribution in [3.63, 3.8) is 0 Å². The Morgan fingerprint density at radius 3 is 2.56 bits per heavy atom. The van der Waals surface area contributed by atoms with Gasteiger partial charge in [0.1, 0.15) is 12.4 Å². The Balaban J connectivity index is 1.46. The minimum atomic E-state index is -0.708. The number of carbonyl (C=O) groups is 1. The molecule has 0 heterocycles. The second-order valence-corrected chi connectivity index (χ2v) is 11.9. The van der Waals surface area contributed by atoms with Crippen molar-refractivity contribution in [2.75, 3.05) is 14.2 Å². The van der Waals surface area contributed by atoms with Gasteiger partial charge in [0.25, 0.3) is 0 Å². The highest BCUT2D eigenvalue weighted by molar-refractivity contribution is 5.78. The molecule has 0 radical (unpaired) electrons. The smallest absolute Gasteiger partial charge is 0.307 e. The number of aryl methyl sites for hydroxylation is 1. The average molecular weight is 533 g/mol. The van der Waals surface area contributed by atoms with Crippen molar-refractivity contribution in [1.82, 2.24) is 0 Å². The molecular weight excluding hydrogens is 495 g/mol. The van der Waals surface area contributed by atoms with Crippen LogP contribution in [0.4, 0.5) is 4.39 Å². The lowest BCUT2D eigenvalue weighted by atomic mass is 9.78. The molecular formula is C33H37FO5. The molecule has 0 bridgehead atoms. The van der Waals surface area contributed by atoms with E-state index in [1.54, 1.807) is 25.3 Å². The van der Waals surface area contributed by atoms with E-state index in [9.17, 15) is 9.90 Å². The molecule has 39 heavy (non-hydrogen) atoms. The molecule has 1 spiro atoms. The number of methoxy groups -OCH3 is 2. The minimum absolute atomic E-state index is 0.196. The van der Waals surface area contributed by atoms with Crippen molar-refractivity contribution in [1.29, 1.82) is 0 Å². The molecule has 0 saturated heterocycles. The molecule has 206 valence electrons. The maximum Gasteiger partial charge on any atom is 0.307 e. The van der Waals surface area contributed by atoms with Crippen LogP contribution in [0.2, 0.25) is 0 Å². The van der Waals surface area contributed by atoms with Gasteiger partial charge in [-0.1, -0.05) is 51.1 Å². The van der Waals surface area contributed by atoms with E-state index in [0.717, 1.165) is 47.3 Å². The highest BCUT2D eigenvalue weighted by Gasteiger charge is 2.60. The predicted octanol–water partition coefficient (Wildman–Crippen LogP) is 7.49. The molecule has 3 aromatic rings. The number of halogens is 1.